The van der Waals surface area contributed by atoms with Crippen LogP contribution in [0.15, 0.2) is 6.20 Å². The van der Waals surface area contributed by atoms with Crippen LogP contribution in [0.25, 0.3) is 0 Å². The maximum Gasteiger partial charge on any atom is 0.354 e. The number of piperazine rings is 1. The van der Waals surface area contributed by atoms with Crippen molar-refractivity contribution in [1.82, 2.24) is 19.8 Å². The molecule has 0 aromatic carbocycles. The summed E-state index contributed by atoms with van der Waals surface area (Å²) in [7, 11) is 1.74. The molecule has 0 radical (unpaired) electrons. The van der Waals surface area contributed by atoms with E-state index in [-0.39, 0.29) is 5.69 Å². The van der Waals surface area contributed by atoms with Crippen molar-refractivity contribution in [3.8, 4) is 0 Å². The molecule has 6 heteroatoms. The zero-order valence-corrected chi connectivity index (χ0v) is 9.31. The minimum Gasteiger partial charge on any atom is -0.477 e. The van der Waals surface area contributed by atoms with E-state index in [1.165, 1.54) is 6.20 Å². The molecule has 0 unspecified atom stereocenters. The van der Waals surface area contributed by atoms with Crippen LogP contribution < -0.4 is 5.32 Å². The molecular weight excluding hydrogens is 208 g/mol. The lowest BCUT2D eigenvalue weighted by Gasteiger charge is -2.26. The number of rotatable bonds is 3. The Labute approximate surface area is 93.9 Å². The van der Waals surface area contributed by atoms with Gasteiger partial charge >= 0.3 is 5.97 Å². The van der Waals surface area contributed by atoms with Gasteiger partial charge in [-0.2, -0.15) is 0 Å². The predicted octanol–water partition coefficient (Wildman–Crippen LogP) is -0.476. The minimum absolute atomic E-state index is 0.241. The smallest absolute Gasteiger partial charge is 0.354 e. The molecule has 1 saturated heterocycles. The van der Waals surface area contributed by atoms with Crippen molar-refractivity contribution in [1.29, 1.82) is 0 Å². The number of aromatic nitrogens is 2. The Kier molecular flexibility index (Phi) is 3.21. The van der Waals surface area contributed by atoms with E-state index in [1.807, 2.05) is 0 Å². The fourth-order valence-corrected chi connectivity index (χ4v) is 1.86. The lowest BCUT2D eigenvalue weighted by Crippen LogP contribution is -2.43. The van der Waals surface area contributed by atoms with Gasteiger partial charge in [-0.05, 0) is 0 Å². The van der Waals surface area contributed by atoms with Crippen LogP contribution in [0.3, 0.4) is 0 Å². The number of carbonyl (C=O) groups is 1. The Morgan fingerprint density at radius 3 is 2.81 bits per heavy atom. The molecule has 0 amide bonds. The van der Waals surface area contributed by atoms with Crippen molar-refractivity contribution >= 4 is 5.97 Å². The highest BCUT2D eigenvalue weighted by atomic mass is 16.4. The number of carboxylic acid groups (broad SMARTS) is 1. The third kappa shape index (κ3) is 2.23. The van der Waals surface area contributed by atoms with Crippen LogP contribution in [0.2, 0.25) is 0 Å². The Morgan fingerprint density at radius 1 is 1.56 bits per heavy atom. The predicted molar refractivity (Wildman–Crippen MR) is 58.3 cm³/mol. The maximum absolute atomic E-state index is 10.8. The summed E-state index contributed by atoms with van der Waals surface area (Å²) < 4.78 is 1.64. The summed E-state index contributed by atoms with van der Waals surface area (Å²) in [5, 5.41) is 12.2. The summed E-state index contributed by atoms with van der Waals surface area (Å²) >= 11 is 0. The summed E-state index contributed by atoms with van der Waals surface area (Å²) in [5.74, 6) is -0.124. The SMILES string of the molecule is Cn1c(C(=O)O)cnc1CN1CCNCC1. The fourth-order valence-electron chi connectivity index (χ4n) is 1.86. The molecule has 88 valence electrons. The van der Waals surface area contributed by atoms with E-state index < -0.39 is 5.97 Å². The quantitative estimate of drug-likeness (QED) is 0.726. The van der Waals surface area contributed by atoms with Gasteiger partial charge in [-0.1, -0.05) is 0 Å². The van der Waals surface area contributed by atoms with Gasteiger partial charge in [-0.3, -0.25) is 4.90 Å². The first-order chi connectivity index (χ1) is 7.68. The average Bonchev–Trinajstić information content (AvgIpc) is 2.62. The van der Waals surface area contributed by atoms with E-state index in [2.05, 4.69) is 15.2 Å². The first-order valence-electron chi connectivity index (χ1n) is 5.35. The van der Waals surface area contributed by atoms with Crippen molar-refractivity contribution in [3.05, 3.63) is 17.7 Å². The van der Waals surface area contributed by atoms with Gasteiger partial charge in [0.2, 0.25) is 0 Å². The van der Waals surface area contributed by atoms with Crippen LogP contribution in [0.5, 0.6) is 0 Å². The van der Waals surface area contributed by atoms with Crippen molar-refractivity contribution in [2.75, 3.05) is 26.2 Å². The van der Waals surface area contributed by atoms with Gasteiger partial charge in [0.05, 0.1) is 12.7 Å². The van der Waals surface area contributed by atoms with Gasteiger partial charge in [-0.15, -0.1) is 0 Å². The Morgan fingerprint density at radius 2 is 2.25 bits per heavy atom. The molecule has 1 aliphatic heterocycles. The third-order valence-electron chi connectivity index (χ3n) is 2.88. The third-order valence-corrected chi connectivity index (χ3v) is 2.88. The van der Waals surface area contributed by atoms with Crippen molar-refractivity contribution < 1.29 is 9.90 Å². The zero-order valence-electron chi connectivity index (χ0n) is 9.31. The number of aromatic carboxylic acids is 1. The summed E-state index contributed by atoms with van der Waals surface area (Å²) in [4.78, 5) is 17.3. The number of imidazole rings is 1. The number of nitrogens with zero attached hydrogens (tertiary/aromatic N) is 3. The summed E-state index contributed by atoms with van der Waals surface area (Å²) in [6.45, 7) is 4.64. The van der Waals surface area contributed by atoms with Gasteiger partial charge in [-0.25, -0.2) is 9.78 Å². The Balaban J connectivity index is 2.06. The highest BCUT2D eigenvalue weighted by Crippen LogP contribution is 2.07. The highest BCUT2D eigenvalue weighted by Gasteiger charge is 2.16. The van der Waals surface area contributed by atoms with Crippen molar-refractivity contribution in [3.63, 3.8) is 0 Å². The fraction of sp³-hybridized carbons (Fsp3) is 0.600. The van der Waals surface area contributed by atoms with E-state index in [1.54, 1.807) is 11.6 Å². The molecule has 1 aliphatic rings. The van der Waals surface area contributed by atoms with Crippen LogP contribution in [-0.4, -0.2) is 51.7 Å². The molecule has 16 heavy (non-hydrogen) atoms. The molecule has 0 atom stereocenters. The largest absolute Gasteiger partial charge is 0.477 e. The molecule has 2 heterocycles. The van der Waals surface area contributed by atoms with E-state index in [0.29, 0.717) is 6.54 Å². The van der Waals surface area contributed by atoms with E-state index >= 15 is 0 Å². The lowest BCUT2D eigenvalue weighted by molar-refractivity contribution is 0.0685. The van der Waals surface area contributed by atoms with Crippen molar-refractivity contribution in [2.45, 2.75) is 6.54 Å². The van der Waals surface area contributed by atoms with Crippen LogP contribution in [0, 0.1) is 0 Å². The molecule has 0 bridgehead atoms. The molecule has 1 aromatic rings. The molecule has 0 spiro atoms. The average molecular weight is 224 g/mol. The van der Waals surface area contributed by atoms with E-state index in [9.17, 15) is 4.79 Å². The van der Waals surface area contributed by atoms with Crippen LogP contribution in [0.4, 0.5) is 0 Å². The van der Waals surface area contributed by atoms with E-state index in [0.717, 1.165) is 32.0 Å². The van der Waals surface area contributed by atoms with Gasteiger partial charge < -0.3 is 15.0 Å². The molecule has 0 saturated carbocycles. The second kappa shape index (κ2) is 4.63. The number of nitrogens with one attached hydrogen (secondary N) is 1. The first kappa shape index (κ1) is 11.1. The number of hydrogen-bond acceptors (Lipinski definition) is 4. The maximum atomic E-state index is 10.8. The second-order valence-corrected chi connectivity index (χ2v) is 3.95. The Bertz CT molecular complexity index is 382. The zero-order chi connectivity index (χ0) is 11.5. The normalized spacial score (nSPS) is 17.6. The van der Waals surface area contributed by atoms with Crippen LogP contribution in [0.1, 0.15) is 16.3 Å². The summed E-state index contributed by atoms with van der Waals surface area (Å²) in [6.07, 6.45) is 1.42. The first-order valence-corrected chi connectivity index (χ1v) is 5.35. The number of hydrogen-bond donors (Lipinski definition) is 2. The molecule has 1 aromatic heterocycles. The van der Waals surface area contributed by atoms with Crippen molar-refractivity contribution in [2.24, 2.45) is 7.05 Å². The summed E-state index contributed by atoms with van der Waals surface area (Å²) in [6, 6.07) is 0. The molecule has 1 fully saturated rings. The van der Waals surface area contributed by atoms with Gasteiger partial charge in [0.15, 0.2) is 0 Å². The number of carboxylic acids is 1. The standard InChI is InChI=1S/C10H16N4O2/c1-13-8(10(15)16)6-12-9(13)7-14-4-2-11-3-5-14/h6,11H,2-5,7H2,1H3,(H,15,16). The molecule has 6 nitrogen and oxygen atoms in total. The Hall–Kier alpha value is -1.40. The van der Waals surface area contributed by atoms with Crippen LogP contribution >= 0.6 is 0 Å². The van der Waals surface area contributed by atoms with Crippen LogP contribution in [-0.2, 0) is 13.6 Å². The van der Waals surface area contributed by atoms with Gasteiger partial charge in [0.1, 0.15) is 11.5 Å². The van der Waals surface area contributed by atoms with Gasteiger partial charge in [0, 0.05) is 33.2 Å². The van der Waals surface area contributed by atoms with Gasteiger partial charge in [0.25, 0.3) is 0 Å². The molecule has 2 N–H and O–H groups in total. The highest BCUT2D eigenvalue weighted by molar-refractivity contribution is 5.85. The monoisotopic (exact) mass is 224 g/mol. The molecular formula is C10H16N4O2. The van der Waals surface area contributed by atoms with E-state index in [4.69, 9.17) is 5.11 Å². The topological polar surface area (TPSA) is 70.4 Å². The lowest BCUT2D eigenvalue weighted by atomic mass is 10.3. The molecule has 0 aliphatic carbocycles. The minimum atomic E-state index is -0.929. The summed E-state index contributed by atoms with van der Waals surface area (Å²) in [5.41, 5.74) is 0.241. The second-order valence-electron chi connectivity index (χ2n) is 3.95. The molecule has 2 rings (SSSR count).